The molecule has 0 radical (unpaired) electrons. The lowest BCUT2D eigenvalue weighted by atomic mass is 10.0. The fourth-order valence-electron chi connectivity index (χ4n) is 3.99. The first-order valence-electron chi connectivity index (χ1n) is 8.34. The van der Waals surface area contributed by atoms with Gasteiger partial charge in [-0.3, -0.25) is 4.79 Å². The number of carbonyl (C=O) groups is 1. The Kier molecular flexibility index (Phi) is 4.18. The molecule has 0 saturated heterocycles. The highest BCUT2D eigenvalue weighted by Gasteiger charge is 2.55. The molecule has 0 heterocycles. The molecule has 2 aliphatic rings. The predicted molar refractivity (Wildman–Crippen MR) is 85.5 cm³/mol. The van der Waals surface area contributed by atoms with Gasteiger partial charge in [-0.1, -0.05) is 38.0 Å². The number of hydrogen-bond donors (Lipinski definition) is 1. The van der Waals surface area contributed by atoms with Gasteiger partial charge in [-0.15, -0.1) is 0 Å². The van der Waals surface area contributed by atoms with Gasteiger partial charge in [-0.25, -0.2) is 0 Å². The molecule has 1 aromatic carbocycles. The number of nitrogens with two attached hydrogens (primary N) is 1. The van der Waals surface area contributed by atoms with Gasteiger partial charge < -0.3 is 10.6 Å². The Labute approximate surface area is 127 Å². The van der Waals surface area contributed by atoms with Crippen molar-refractivity contribution >= 4 is 11.6 Å². The van der Waals surface area contributed by atoms with Gasteiger partial charge in [0, 0.05) is 24.7 Å². The molecule has 3 heteroatoms. The van der Waals surface area contributed by atoms with Crippen molar-refractivity contribution in [2.75, 3.05) is 12.3 Å². The summed E-state index contributed by atoms with van der Waals surface area (Å²) in [6.07, 6.45) is 6.14. The molecule has 2 atom stereocenters. The lowest BCUT2D eigenvalue weighted by molar-refractivity contribution is -0.133. The smallest absolute Gasteiger partial charge is 0.226 e. The van der Waals surface area contributed by atoms with E-state index in [1.807, 2.05) is 29.2 Å². The van der Waals surface area contributed by atoms with E-state index in [9.17, 15) is 4.79 Å². The molecule has 2 fully saturated rings. The summed E-state index contributed by atoms with van der Waals surface area (Å²) in [6, 6.07) is 7.89. The van der Waals surface area contributed by atoms with E-state index in [1.54, 1.807) is 0 Å². The van der Waals surface area contributed by atoms with Gasteiger partial charge in [-0.2, -0.15) is 0 Å². The average Bonchev–Trinajstić information content (AvgIpc) is 3.22. The Bertz CT molecular complexity index is 502. The fourth-order valence-corrected chi connectivity index (χ4v) is 3.99. The Morgan fingerprint density at radius 3 is 2.52 bits per heavy atom. The minimum Gasteiger partial charge on any atom is -0.398 e. The van der Waals surface area contributed by atoms with Crippen LogP contribution in [0.1, 0.15) is 44.6 Å². The van der Waals surface area contributed by atoms with Crippen LogP contribution in [0.15, 0.2) is 24.3 Å². The van der Waals surface area contributed by atoms with Gasteiger partial charge >= 0.3 is 0 Å². The number of anilines is 1. The van der Waals surface area contributed by atoms with Crippen LogP contribution in [0.25, 0.3) is 0 Å². The van der Waals surface area contributed by atoms with E-state index in [0.29, 0.717) is 30.2 Å². The molecule has 2 saturated carbocycles. The zero-order valence-electron chi connectivity index (χ0n) is 12.9. The Balaban J connectivity index is 1.69. The summed E-state index contributed by atoms with van der Waals surface area (Å²) in [7, 11) is 0. The maximum Gasteiger partial charge on any atom is 0.226 e. The van der Waals surface area contributed by atoms with Gasteiger partial charge in [0.15, 0.2) is 0 Å². The van der Waals surface area contributed by atoms with Crippen molar-refractivity contribution in [3.63, 3.8) is 0 Å². The van der Waals surface area contributed by atoms with Gasteiger partial charge in [0.1, 0.15) is 0 Å². The molecule has 2 unspecified atom stereocenters. The first-order valence-corrected chi connectivity index (χ1v) is 8.34. The van der Waals surface area contributed by atoms with Crippen molar-refractivity contribution in [2.24, 2.45) is 17.8 Å². The summed E-state index contributed by atoms with van der Waals surface area (Å²) >= 11 is 0. The number of fused-ring (bicyclic) bond motifs is 1. The molecule has 0 aliphatic heterocycles. The second kappa shape index (κ2) is 6.08. The second-order valence-corrected chi connectivity index (χ2v) is 6.60. The van der Waals surface area contributed by atoms with Crippen molar-refractivity contribution < 1.29 is 4.79 Å². The number of nitrogen functional groups attached to an aromatic ring is 1. The molecule has 2 aliphatic carbocycles. The monoisotopic (exact) mass is 286 g/mol. The number of hydrogen-bond acceptors (Lipinski definition) is 2. The Hall–Kier alpha value is -1.51. The number of nitrogens with zero attached hydrogens (tertiary/aromatic N) is 1. The summed E-state index contributed by atoms with van der Waals surface area (Å²) in [4.78, 5) is 14.9. The molecule has 0 spiro atoms. The van der Waals surface area contributed by atoms with E-state index >= 15 is 0 Å². The minimum atomic E-state index is 0.309. The number of amides is 1. The third-order valence-electron chi connectivity index (χ3n) is 5.16. The summed E-state index contributed by atoms with van der Waals surface area (Å²) < 4.78 is 0. The fraction of sp³-hybridized carbons (Fsp3) is 0.611. The molecular weight excluding hydrogens is 260 g/mol. The molecule has 0 bridgehead atoms. The maximum absolute atomic E-state index is 12.9. The zero-order chi connectivity index (χ0) is 14.8. The highest BCUT2D eigenvalue weighted by atomic mass is 16.2. The van der Waals surface area contributed by atoms with Crippen molar-refractivity contribution in [2.45, 2.75) is 45.6 Å². The Morgan fingerprint density at radius 2 is 1.90 bits per heavy atom. The quantitative estimate of drug-likeness (QED) is 0.843. The molecular formula is C18H26N2O. The average molecular weight is 286 g/mol. The van der Waals surface area contributed by atoms with Crippen LogP contribution in [0.2, 0.25) is 0 Å². The topological polar surface area (TPSA) is 46.3 Å². The van der Waals surface area contributed by atoms with E-state index in [2.05, 4.69) is 6.92 Å². The normalized spacial score (nSPS) is 27.0. The van der Waals surface area contributed by atoms with Crippen LogP contribution >= 0.6 is 0 Å². The number of carbonyl (C=O) groups excluding carboxylic acids is 1. The minimum absolute atomic E-state index is 0.309. The van der Waals surface area contributed by atoms with Gasteiger partial charge in [0.05, 0.1) is 0 Å². The standard InChI is InChI=1S/C18H26N2O/c1-2-11-20(12-13-7-3-6-10-16(13)19)18(21)17-14-8-4-5-9-15(14)17/h3,6-7,10,14-15,17H,2,4-5,8-9,11-12,19H2,1H3. The molecule has 114 valence electrons. The van der Waals surface area contributed by atoms with E-state index in [0.717, 1.165) is 24.2 Å². The molecule has 1 amide bonds. The highest BCUT2D eigenvalue weighted by molar-refractivity contribution is 5.82. The lowest BCUT2D eigenvalue weighted by Crippen LogP contribution is -2.33. The van der Waals surface area contributed by atoms with Crippen molar-refractivity contribution in [1.29, 1.82) is 0 Å². The molecule has 21 heavy (non-hydrogen) atoms. The first-order chi connectivity index (χ1) is 10.2. The van der Waals surface area contributed by atoms with Crippen molar-refractivity contribution in [1.82, 2.24) is 4.90 Å². The van der Waals surface area contributed by atoms with Gasteiger partial charge in [-0.05, 0) is 42.7 Å². The first kappa shape index (κ1) is 14.4. The largest absolute Gasteiger partial charge is 0.398 e. The van der Waals surface area contributed by atoms with Crippen LogP contribution in [-0.2, 0) is 11.3 Å². The summed E-state index contributed by atoms with van der Waals surface area (Å²) in [5.74, 6) is 2.04. The zero-order valence-corrected chi connectivity index (χ0v) is 12.9. The van der Waals surface area contributed by atoms with Crippen LogP contribution in [0.5, 0.6) is 0 Å². The Morgan fingerprint density at radius 1 is 1.24 bits per heavy atom. The summed E-state index contributed by atoms with van der Waals surface area (Å²) in [6.45, 7) is 3.63. The molecule has 0 aromatic heterocycles. The third kappa shape index (κ3) is 2.92. The SMILES string of the molecule is CCCN(Cc1ccccc1N)C(=O)C1C2CCCCC21. The summed E-state index contributed by atoms with van der Waals surface area (Å²) in [5, 5.41) is 0. The molecule has 3 nitrogen and oxygen atoms in total. The highest BCUT2D eigenvalue weighted by Crippen LogP contribution is 2.56. The third-order valence-corrected chi connectivity index (χ3v) is 5.16. The van der Waals surface area contributed by atoms with E-state index in [-0.39, 0.29) is 0 Å². The molecule has 1 aromatic rings. The molecule has 3 rings (SSSR count). The van der Waals surface area contributed by atoms with Crippen LogP contribution in [-0.4, -0.2) is 17.4 Å². The number of rotatable bonds is 5. The van der Waals surface area contributed by atoms with E-state index in [4.69, 9.17) is 5.73 Å². The number of para-hydroxylation sites is 1. The summed E-state index contributed by atoms with van der Waals surface area (Å²) in [5.41, 5.74) is 7.90. The van der Waals surface area contributed by atoms with Gasteiger partial charge in [0.25, 0.3) is 0 Å². The van der Waals surface area contributed by atoms with Gasteiger partial charge in [0.2, 0.25) is 5.91 Å². The maximum atomic E-state index is 12.9. The number of benzene rings is 1. The van der Waals surface area contributed by atoms with Crippen molar-refractivity contribution in [3.05, 3.63) is 29.8 Å². The van der Waals surface area contributed by atoms with Crippen molar-refractivity contribution in [3.8, 4) is 0 Å². The van der Waals surface area contributed by atoms with E-state index < -0.39 is 0 Å². The van der Waals surface area contributed by atoms with Crippen LogP contribution < -0.4 is 5.73 Å². The lowest BCUT2D eigenvalue weighted by Gasteiger charge is -2.23. The molecule has 2 N–H and O–H groups in total. The van der Waals surface area contributed by atoms with Crippen LogP contribution in [0.3, 0.4) is 0 Å². The predicted octanol–water partition coefficient (Wildman–Crippen LogP) is 3.44. The van der Waals surface area contributed by atoms with E-state index in [1.165, 1.54) is 25.7 Å². The van der Waals surface area contributed by atoms with Crippen LogP contribution in [0.4, 0.5) is 5.69 Å². The van der Waals surface area contributed by atoms with Crippen LogP contribution in [0, 0.1) is 17.8 Å². The second-order valence-electron chi connectivity index (χ2n) is 6.60.